The third-order valence-electron chi connectivity index (χ3n) is 4.73. The highest BCUT2D eigenvalue weighted by Gasteiger charge is 2.38. The van der Waals surface area contributed by atoms with Crippen LogP contribution in [-0.4, -0.2) is 60.3 Å². The van der Waals surface area contributed by atoms with E-state index >= 15 is 0 Å². The van der Waals surface area contributed by atoms with Gasteiger partial charge in [-0.2, -0.15) is 0 Å². The molecule has 2 atom stereocenters. The maximum atomic E-state index is 11.4. The Morgan fingerprint density at radius 1 is 1.12 bits per heavy atom. The number of nitrogens with zero attached hydrogens (tertiary/aromatic N) is 3. The highest BCUT2D eigenvalue weighted by atomic mass is 16.6. The lowest BCUT2D eigenvalue weighted by Gasteiger charge is -2.20. The first-order valence-corrected chi connectivity index (χ1v) is 8.82. The van der Waals surface area contributed by atoms with Crippen molar-refractivity contribution in [3.63, 3.8) is 0 Å². The molecule has 136 valence electrons. The summed E-state index contributed by atoms with van der Waals surface area (Å²) in [5.41, 5.74) is 0.623. The number of hydrogen-bond acceptors (Lipinski definition) is 7. The summed E-state index contributed by atoms with van der Waals surface area (Å²) in [6.45, 7) is 4.15. The molecule has 0 spiro atoms. The molecule has 4 heterocycles. The van der Waals surface area contributed by atoms with E-state index in [4.69, 9.17) is 9.47 Å². The summed E-state index contributed by atoms with van der Waals surface area (Å²) in [7, 11) is 0. The van der Waals surface area contributed by atoms with E-state index in [-0.39, 0.29) is 24.0 Å². The molecule has 7 heteroatoms. The monoisotopic (exact) mass is 354 g/mol. The number of aromatic nitrogens is 2. The molecule has 26 heavy (non-hydrogen) atoms. The van der Waals surface area contributed by atoms with Gasteiger partial charge in [-0.15, -0.1) is 0 Å². The summed E-state index contributed by atoms with van der Waals surface area (Å²) in [5.74, 6) is 1.69. The Balaban J connectivity index is 1.35. The zero-order valence-corrected chi connectivity index (χ0v) is 14.7. The fraction of sp³-hybridized carbons (Fsp3) is 0.421. The lowest BCUT2D eigenvalue weighted by Crippen LogP contribution is -2.31. The summed E-state index contributed by atoms with van der Waals surface area (Å²) in [6.07, 6.45) is 3.41. The highest BCUT2D eigenvalue weighted by molar-refractivity contribution is 5.93. The van der Waals surface area contributed by atoms with Crippen LogP contribution < -0.4 is 10.2 Å². The molecule has 0 amide bonds. The first kappa shape index (κ1) is 16.9. The number of carbonyl (C=O) groups is 1. The van der Waals surface area contributed by atoms with Gasteiger partial charge in [0.1, 0.15) is 23.8 Å². The Morgan fingerprint density at radius 3 is 2.46 bits per heavy atom. The molecule has 0 unspecified atom stereocenters. The van der Waals surface area contributed by atoms with Crippen molar-refractivity contribution in [3.05, 3.63) is 48.3 Å². The second-order valence-corrected chi connectivity index (χ2v) is 6.67. The Bertz CT molecular complexity index is 737. The highest BCUT2D eigenvalue weighted by Crippen LogP contribution is 2.25. The summed E-state index contributed by atoms with van der Waals surface area (Å²) in [5, 5.41) is 3.35. The van der Waals surface area contributed by atoms with Crippen LogP contribution in [0.5, 0.6) is 0 Å². The maximum absolute atomic E-state index is 11.4. The molecule has 2 aliphatic rings. The average Bonchev–Trinajstić information content (AvgIpc) is 2.99. The fourth-order valence-electron chi connectivity index (χ4n) is 3.30. The molecule has 0 saturated carbocycles. The smallest absolute Gasteiger partial charge is 0.161 e. The number of Topliss-reactive ketones (excluding diaryl/α,β-unsaturated/α-hetero) is 1. The van der Waals surface area contributed by atoms with Crippen LogP contribution in [0.15, 0.2) is 42.7 Å². The number of ketones is 1. The van der Waals surface area contributed by atoms with Crippen molar-refractivity contribution in [3.8, 4) is 0 Å². The van der Waals surface area contributed by atoms with Crippen LogP contribution in [0, 0.1) is 0 Å². The Kier molecular flexibility index (Phi) is 4.81. The SMILES string of the molecule is CC(=O)c1ccc(N2C[C@@H]3OCC(Nc4ccccn4)CO[C@H]3C2)nc1. The summed E-state index contributed by atoms with van der Waals surface area (Å²) in [6, 6.07) is 9.55. The number of anilines is 2. The Hall–Kier alpha value is -2.51. The van der Waals surface area contributed by atoms with Gasteiger partial charge in [0.05, 0.1) is 19.3 Å². The number of carbonyl (C=O) groups excluding carboxylic acids is 1. The molecule has 0 aliphatic carbocycles. The third-order valence-corrected chi connectivity index (χ3v) is 4.73. The van der Waals surface area contributed by atoms with E-state index in [1.807, 2.05) is 30.3 Å². The Morgan fingerprint density at radius 2 is 1.88 bits per heavy atom. The van der Waals surface area contributed by atoms with Gasteiger partial charge in [0.2, 0.25) is 0 Å². The number of pyridine rings is 2. The summed E-state index contributed by atoms with van der Waals surface area (Å²) in [4.78, 5) is 22.2. The molecule has 0 radical (unpaired) electrons. The second kappa shape index (κ2) is 7.39. The molecule has 2 fully saturated rings. The van der Waals surface area contributed by atoms with Gasteiger partial charge in [0.25, 0.3) is 0 Å². The van der Waals surface area contributed by atoms with Crippen LogP contribution >= 0.6 is 0 Å². The molecule has 2 saturated heterocycles. The minimum Gasteiger partial charge on any atom is -0.371 e. The van der Waals surface area contributed by atoms with E-state index in [2.05, 4.69) is 20.2 Å². The predicted octanol–water partition coefficient (Wildman–Crippen LogP) is 1.76. The van der Waals surface area contributed by atoms with Crippen LogP contribution in [0.2, 0.25) is 0 Å². The van der Waals surface area contributed by atoms with Gasteiger partial charge in [-0.25, -0.2) is 9.97 Å². The van der Waals surface area contributed by atoms with E-state index in [1.165, 1.54) is 0 Å². The lowest BCUT2D eigenvalue weighted by atomic mass is 10.2. The molecule has 2 aliphatic heterocycles. The van der Waals surface area contributed by atoms with Crippen LogP contribution in [0.4, 0.5) is 11.6 Å². The van der Waals surface area contributed by atoms with Gasteiger partial charge in [-0.05, 0) is 31.2 Å². The van der Waals surface area contributed by atoms with Crippen molar-refractivity contribution in [1.29, 1.82) is 0 Å². The lowest BCUT2D eigenvalue weighted by molar-refractivity contribution is -0.00461. The molecule has 2 aromatic heterocycles. The third kappa shape index (κ3) is 3.68. The minimum absolute atomic E-state index is 0.0137. The van der Waals surface area contributed by atoms with Crippen LogP contribution in [-0.2, 0) is 9.47 Å². The average molecular weight is 354 g/mol. The van der Waals surface area contributed by atoms with Gasteiger partial charge in [0.15, 0.2) is 5.78 Å². The molecular weight excluding hydrogens is 332 g/mol. The van der Waals surface area contributed by atoms with Gasteiger partial charge < -0.3 is 19.7 Å². The summed E-state index contributed by atoms with van der Waals surface area (Å²) >= 11 is 0. The Labute approximate surface area is 152 Å². The molecule has 7 nitrogen and oxygen atoms in total. The molecule has 2 aromatic rings. The van der Waals surface area contributed by atoms with Crippen molar-refractivity contribution in [2.24, 2.45) is 0 Å². The van der Waals surface area contributed by atoms with E-state index in [9.17, 15) is 4.79 Å². The van der Waals surface area contributed by atoms with E-state index in [0.717, 1.165) is 24.7 Å². The van der Waals surface area contributed by atoms with Gasteiger partial charge in [0, 0.05) is 31.0 Å². The number of nitrogens with one attached hydrogen (secondary N) is 1. The maximum Gasteiger partial charge on any atom is 0.161 e. The number of rotatable bonds is 4. The first-order chi connectivity index (χ1) is 12.7. The van der Waals surface area contributed by atoms with Crippen molar-refractivity contribution in [2.75, 3.05) is 36.5 Å². The second-order valence-electron chi connectivity index (χ2n) is 6.67. The zero-order chi connectivity index (χ0) is 17.9. The molecular formula is C19H22N4O3. The van der Waals surface area contributed by atoms with E-state index in [0.29, 0.717) is 18.8 Å². The van der Waals surface area contributed by atoms with Crippen LogP contribution in [0.3, 0.4) is 0 Å². The van der Waals surface area contributed by atoms with Crippen LogP contribution in [0.1, 0.15) is 17.3 Å². The first-order valence-electron chi connectivity index (χ1n) is 8.82. The van der Waals surface area contributed by atoms with E-state index in [1.54, 1.807) is 19.3 Å². The topological polar surface area (TPSA) is 76.6 Å². The van der Waals surface area contributed by atoms with Crippen molar-refractivity contribution in [1.82, 2.24) is 9.97 Å². The van der Waals surface area contributed by atoms with Gasteiger partial charge >= 0.3 is 0 Å². The van der Waals surface area contributed by atoms with Crippen molar-refractivity contribution >= 4 is 17.4 Å². The fourth-order valence-corrected chi connectivity index (χ4v) is 3.30. The normalized spacial score (nSPS) is 23.3. The predicted molar refractivity (Wildman–Crippen MR) is 97.6 cm³/mol. The standard InChI is InChI=1S/C19H22N4O3/c1-13(24)14-5-6-19(21-8-14)23-9-16-17(10-23)26-12-15(11-25-16)22-18-4-2-3-7-20-18/h2-8,15-17H,9-12H2,1H3,(H,20,22)/t16-,17-/m0/s1. The van der Waals surface area contributed by atoms with E-state index < -0.39 is 0 Å². The van der Waals surface area contributed by atoms with Crippen LogP contribution in [0.25, 0.3) is 0 Å². The van der Waals surface area contributed by atoms with Crippen molar-refractivity contribution < 1.29 is 14.3 Å². The molecule has 0 bridgehead atoms. The zero-order valence-electron chi connectivity index (χ0n) is 14.7. The number of fused-ring (bicyclic) bond motifs is 1. The number of ether oxygens (including phenoxy) is 2. The minimum atomic E-state index is 0.0137. The molecule has 0 aromatic carbocycles. The molecule has 4 rings (SSSR count). The largest absolute Gasteiger partial charge is 0.371 e. The summed E-state index contributed by atoms with van der Waals surface area (Å²) < 4.78 is 12.2. The molecule has 1 N–H and O–H groups in total. The van der Waals surface area contributed by atoms with Gasteiger partial charge in [-0.3, -0.25) is 4.79 Å². The quantitative estimate of drug-likeness (QED) is 0.839. The van der Waals surface area contributed by atoms with Crippen molar-refractivity contribution in [2.45, 2.75) is 25.2 Å². The van der Waals surface area contributed by atoms with Gasteiger partial charge in [-0.1, -0.05) is 6.07 Å². The number of hydrogen-bond donors (Lipinski definition) is 1.